The second-order valence-corrected chi connectivity index (χ2v) is 6.82. The van der Waals surface area contributed by atoms with Gasteiger partial charge in [-0.25, -0.2) is 0 Å². The highest BCUT2D eigenvalue weighted by atomic mass is 16.7. The molecule has 0 spiro atoms. The minimum absolute atomic E-state index is 0.0501. The summed E-state index contributed by atoms with van der Waals surface area (Å²) in [6.45, 7) is 7.73. The minimum atomic E-state index is -0.300. The summed E-state index contributed by atoms with van der Waals surface area (Å²) in [5.41, 5.74) is 5.05. The van der Waals surface area contributed by atoms with Gasteiger partial charge in [0.2, 0.25) is 11.8 Å². The van der Waals surface area contributed by atoms with E-state index in [0.717, 1.165) is 6.42 Å². The van der Waals surface area contributed by atoms with Gasteiger partial charge in [-0.05, 0) is 20.3 Å². The molecule has 160 valence electrons. The molecule has 0 atom stereocenters. The van der Waals surface area contributed by atoms with Crippen LogP contribution < -0.4 is 16.4 Å². The van der Waals surface area contributed by atoms with Crippen LogP contribution >= 0.6 is 0 Å². The van der Waals surface area contributed by atoms with Gasteiger partial charge in [-0.2, -0.15) is 5.06 Å². The van der Waals surface area contributed by atoms with E-state index >= 15 is 0 Å². The zero-order valence-corrected chi connectivity index (χ0v) is 17.3. The number of carbonyl (C=O) groups is 2. The Hall–Kier alpha value is -1.26. The number of likely N-dealkylation sites (N-methyl/N-ethyl adjacent to an activating group) is 1. The third kappa shape index (κ3) is 16.6. The lowest BCUT2D eigenvalue weighted by Gasteiger charge is -2.26. The Bertz CT molecular complexity index is 407. The van der Waals surface area contributed by atoms with Gasteiger partial charge in [-0.3, -0.25) is 14.4 Å². The third-order valence-electron chi connectivity index (χ3n) is 3.83. The Morgan fingerprint density at radius 3 is 2.44 bits per heavy atom. The van der Waals surface area contributed by atoms with Gasteiger partial charge in [0.1, 0.15) is 0 Å². The van der Waals surface area contributed by atoms with Crippen molar-refractivity contribution < 1.29 is 23.9 Å². The maximum absolute atomic E-state index is 11.7. The first-order valence-corrected chi connectivity index (χ1v) is 9.54. The number of rotatable bonds is 17. The molecule has 0 saturated heterocycles. The molecular formula is C18H38N4O5. The summed E-state index contributed by atoms with van der Waals surface area (Å²) in [6, 6.07) is 0. The number of nitrogens with one attached hydrogen (secondary N) is 2. The summed E-state index contributed by atoms with van der Waals surface area (Å²) in [5.74, 6) is -0.107. The molecule has 0 aromatic carbocycles. The Labute approximate surface area is 163 Å². The lowest BCUT2D eigenvalue weighted by atomic mass is 10.1. The molecule has 27 heavy (non-hydrogen) atoms. The van der Waals surface area contributed by atoms with E-state index in [4.69, 9.17) is 20.0 Å². The van der Waals surface area contributed by atoms with Crippen LogP contribution in [0.2, 0.25) is 0 Å². The maximum atomic E-state index is 11.7. The van der Waals surface area contributed by atoms with E-state index in [9.17, 15) is 9.59 Å². The standard InChI is InChI=1S/C18H38N4O5/c1-18(2,26-15-14-25-13-9-19)8-12-27-22(4)11-10-21-17(24)7-5-6-16(23)20-3/h5-15,19H2,1-4H3,(H,20,23)(H,21,24). The van der Waals surface area contributed by atoms with Crippen LogP contribution in [0.4, 0.5) is 0 Å². The molecule has 0 aliphatic carbocycles. The van der Waals surface area contributed by atoms with Crippen LogP contribution in [0.3, 0.4) is 0 Å². The first kappa shape index (κ1) is 25.7. The molecule has 0 saturated carbocycles. The van der Waals surface area contributed by atoms with Crippen LogP contribution in [0.25, 0.3) is 0 Å². The van der Waals surface area contributed by atoms with Gasteiger partial charge in [0.15, 0.2) is 0 Å². The van der Waals surface area contributed by atoms with Gasteiger partial charge in [-0.15, -0.1) is 0 Å². The molecule has 0 aliphatic rings. The average molecular weight is 391 g/mol. The lowest BCUT2D eigenvalue weighted by Crippen LogP contribution is -2.34. The van der Waals surface area contributed by atoms with Crippen molar-refractivity contribution in [3.63, 3.8) is 0 Å². The second-order valence-electron chi connectivity index (χ2n) is 6.82. The van der Waals surface area contributed by atoms with Crippen molar-refractivity contribution in [1.29, 1.82) is 0 Å². The highest BCUT2D eigenvalue weighted by Crippen LogP contribution is 2.14. The quantitative estimate of drug-likeness (QED) is 0.237. The zero-order valence-electron chi connectivity index (χ0n) is 17.3. The molecular weight excluding hydrogens is 352 g/mol. The second kappa shape index (κ2) is 15.8. The van der Waals surface area contributed by atoms with E-state index < -0.39 is 0 Å². The molecule has 4 N–H and O–H groups in total. The number of hydroxylamine groups is 2. The normalized spacial score (nSPS) is 11.6. The zero-order chi connectivity index (χ0) is 20.5. The van der Waals surface area contributed by atoms with Gasteiger partial charge in [0, 0.05) is 53.0 Å². The van der Waals surface area contributed by atoms with E-state index in [0.29, 0.717) is 65.3 Å². The van der Waals surface area contributed by atoms with Crippen molar-refractivity contribution >= 4 is 11.8 Å². The third-order valence-corrected chi connectivity index (χ3v) is 3.83. The Morgan fingerprint density at radius 1 is 1.07 bits per heavy atom. The summed E-state index contributed by atoms with van der Waals surface area (Å²) >= 11 is 0. The molecule has 2 amide bonds. The fourth-order valence-corrected chi connectivity index (χ4v) is 2.12. The summed E-state index contributed by atoms with van der Waals surface area (Å²) in [5, 5.41) is 7.05. The van der Waals surface area contributed by atoms with Crippen molar-refractivity contribution in [3.05, 3.63) is 0 Å². The Morgan fingerprint density at radius 2 is 1.78 bits per heavy atom. The van der Waals surface area contributed by atoms with Crippen LogP contribution in [0, 0.1) is 0 Å². The molecule has 0 aromatic heterocycles. The number of nitrogens with two attached hydrogens (primary N) is 1. The number of nitrogens with zero attached hydrogens (tertiary/aromatic N) is 1. The van der Waals surface area contributed by atoms with Crippen molar-refractivity contribution in [3.8, 4) is 0 Å². The highest BCUT2D eigenvalue weighted by Gasteiger charge is 2.18. The van der Waals surface area contributed by atoms with Crippen molar-refractivity contribution in [2.24, 2.45) is 5.73 Å². The smallest absolute Gasteiger partial charge is 0.220 e. The summed E-state index contributed by atoms with van der Waals surface area (Å²) < 4.78 is 11.1. The number of ether oxygens (including phenoxy) is 2. The van der Waals surface area contributed by atoms with Gasteiger partial charge in [-0.1, -0.05) is 0 Å². The number of amides is 2. The van der Waals surface area contributed by atoms with E-state index in [1.807, 2.05) is 20.9 Å². The summed E-state index contributed by atoms with van der Waals surface area (Å²) in [4.78, 5) is 28.4. The summed E-state index contributed by atoms with van der Waals surface area (Å²) in [6.07, 6.45) is 1.99. The van der Waals surface area contributed by atoms with Gasteiger partial charge in [0.25, 0.3) is 0 Å². The van der Waals surface area contributed by atoms with Crippen LogP contribution in [0.15, 0.2) is 0 Å². The van der Waals surface area contributed by atoms with E-state index in [1.165, 1.54) is 0 Å². The molecule has 0 aliphatic heterocycles. The molecule has 0 fully saturated rings. The molecule has 0 rings (SSSR count). The van der Waals surface area contributed by atoms with E-state index in [2.05, 4.69) is 10.6 Å². The van der Waals surface area contributed by atoms with Gasteiger partial charge < -0.3 is 25.8 Å². The largest absolute Gasteiger partial charge is 0.378 e. The Balaban J connectivity index is 3.68. The van der Waals surface area contributed by atoms with Crippen molar-refractivity contribution in [2.75, 3.05) is 60.2 Å². The summed E-state index contributed by atoms with van der Waals surface area (Å²) in [7, 11) is 3.41. The number of hydrogen-bond acceptors (Lipinski definition) is 7. The predicted molar refractivity (Wildman–Crippen MR) is 104 cm³/mol. The van der Waals surface area contributed by atoms with Crippen LogP contribution in [0.5, 0.6) is 0 Å². The van der Waals surface area contributed by atoms with Gasteiger partial charge >= 0.3 is 0 Å². The fraction of sp³-hybridized carbons (Fsp3) is 0.889. The molecule has 0 aromatic rings. The molecule has 0 bridgehead atoms. The molecule has 0 radical (unpaired) electrons. The molecule has 0 unspecified atom stereocenters. The van der Waals surface area contributed by atoms with Crippen LogP contribution in [-0.2, 0) is 23.9 Å². The van der Waals surface area contributed by atoms with E-state index in [1.54, 1.807) is 12.1 Å². The first-order valence-electron chi connectivity index (χ1n) is 9.54. The lowest BCUT2D eigenvalue weighted by molar-refractivity contribution is -0.156. The van der Waals surface area contributed by atoms with Gasteiger partial charge in [0.05, 0.1) is 32.0 Å². The fourth-order valence-electron chi connectivity index (χ4n) is 2.12. The molecule has 9 nitrogen and oxygen atoms in total. The maximum Gasteiger partial charge on any atom is 0.220 e. The minimum Gasteiger partial charge on any atom is -0.378 e. The highest BCUT2D eigenvalue weighted by molar-refractivity contribution is 5.78. The average Bonchev–Trinajstić information content (AvgIpc) is 2.61. The Kier molecular flexibility index (Phi) is 15.0. The monoisotopic (exact) mass is 390 g/mol. The number of carbonyl (C=O) groups excluding carboxylic acids is 2. The van der Waals surface area contributed by atoms with Crippen molar-refractivity contribution in [2.45, 2.75) is 45.1 Å². The van der Waals surface area contributed by atoms with Crippen LogP contribution in [-0.4, -0.2) is 82.6 Å². The number of hydrogen-bond donors (Lipinski definition) is 3. The predicted octanol–water partition coefficient (Wildman–Crippen LogP) is 0.0429. The van der Waals surface area contributed by atoms with Crippen LogP contribution in [0.1, 0.15) is 39.5 Å². The van der Waals surface area contributed by atoms with Crippen molar-refractivity contribution in [1.82, 2.24) is 15.7 Å². The molecule has 9 heteroatoms. The first-order chi connectivity index (χ1) is 12.8. The molecule has 0 heterocycles. The SMILES string of the molecule is CNC(=O)CCCC(=O)NCCN(C)OCCC(C)(C)OCCOCCN. The topological polar surface area (TPSA) is 115 Å². The van der Waals surface area contributed by atoms with E-state index in [-0.39, 0.29) is 17.4 Å².